The van der Waals surface area contributed by atoms with E-state index >= 15 is 0 Å². The van der Waals surface area contributed by atoms with E-state index in [0.717, 1.165) is 38.0 Å². The largest absolute Gasteiger partial charge is 0.619 e. The lowest BCUT2D eigenvalue weighted by Crippen LogP contribution is -2.53. The zero-order valence-corrected chi connectivity index (χ0v) is 30.1. The number of piperidine rings is 3. The van der Waals surface area contributed by atoms with Crippen LogP contribution >= 0.6 is 23.2 Å². The number of carbonyl (C=O) groups is 2. The molecule has 3 aromatic carbocycles. The van der Waals surface area contributed by atoms with Crippen LogP contribution in [0.15, 0.2) is 79.1 Å². The zero-order valence-electron chi connectivity index (χ0n) is 28.6. The van der Waals surface area contributed by atoms with Crippen LogP contribution in [0.2, 0.25) is 10.0 Å². The molecule has 7 rings (SSSR count). The lowest BCUT2D eigenvalue weighted by atomic mass is 9.86. The van der Waals surface area contributed by atoms with Crippen molar-refractivity contribution in [2.24, 2.45) is 5.92 Å². The van der Waals surface area contributed by atoms with Crippen molar-refractivity contribution < 1.29 is 38.0 Å². The topological polar surface area (TPSA) is 114 Å². The van der Waals surface area contributed by atoms with Crippen molar-refractivity contribution >= 4 is 41.0 Å². The molecule has 1 amide bonds. The van der Waals surface area contributed by atoms with Crippen LogP contribution in [0.1, 0.15) is 46.0 Å². The van der Waals surface area contributed by atoms with Crippen LogP contribution in [0.5, 0.6) is 17.2 Å². The Morgan fingerprint density at radius 2 is 1.63 bits per heavy atom. The summed E-state index contributed by atoms with van der Waals surface area (Å²) in [7, 11) is 4.61. The molecule has 11 nitrogen and oxygen atoms in total. The van der Waals surface area contributed by atoms with E-state index in [1.54, 1.807) is 60.5 Å². The first-order valence-corrected chi connectivity index (χ1v) is 17.3. The second-order valence-electron chi connectivity index (χ2n) is 12.5. The third-order valence-electron chi connectivity index (χ3n) is 9.44. The van der Waals surface area contributed by atoms with Gasteiger partial charge in [0.25, 0.3) is 0 Å². The van der Waals surface area contributed by atoms with Gasteiger partial charge in [0.05, 0.1) is 39.1 Å². The number of halogens is 2. The van der Waals surface area contributed by atoms with E-state index in [2.05, 4.69) is 4.90 Å². The van der Waals surface area contributed by atoms with Crippen LogP contribution in [0, 0.1) is 11.1 Å². The number of fused-ring (bicyclic) bond motifs is 3. The molecule has 2 bridgehead atoms. The number of methoxy groups -OCH3 is 3. The van der Waals surface area contributed by atoms with Gasteiger partial charge < -0.3 is 28.9 Å². The van der Waals surface area contributed by atoms with Crippen molar-refractivity contribution in [3.8, 4) is 17.2 Å². The summed E-state index contributed by atoms with van der Waals surface area (Å²) >= 11 is 12.8. The lowest BCUT2D eigenvalue weighted by molar-refractivity contribution is -0.605. The van der Waals surface area contributed by atoms with Crippen molar-refractivity contribution in [1.29, 1.82) is 0 Å². The van der Waals surface area contributed by atoms with Crippen LogP contribution in [0.3, 0.4) is 0 Å². The van der Waals surface area contributed by atoms with Gasteiger partial charge in [0.1, 0.15) is 28.0 Å². The van der Waals surface area contributed by atoms with E-state index in [1.165, 1.54) is 26.6 Å². The highest BCUT2D eigenvalue weighted by Crippen LogP contribution is 2.36. The third-order valence-corrected chi connectivity index (χ3v) is 10.1. The maximum absolute atomic E-state index is 13.7. The number of hydrogen-bond acceptors (Lipinski definition) is 9. The van der Waals surface area contributed by atoms with E-state index in [4.69, 9.17) is 46.9 Å². The summed E-state index contributed by atoms with van der Waals surface area (Å²) in [4.78, 5) is 31.3. The molecule has 3 aliphatic heterocycles. The molecule has 0 saturated carbocycles. The highest BCUT2D eigenvalue weighted by atomic mass is 35.5. The number of rotatable bonds is 12. The minimum Gasteiger partial charge on any atom is -0.619 e. The molecule has 51 heavy (non-hydrogen) atoms. The fraction of sp³-hybridized carbons (Fsp3) is 0.342. The molecular formula is C38H39Cl2N3O8. The molecule has 1 aromatic heterocycles. The van der Waals surface area contributed by atoms with E-state index in [-0.39, 0.29) is 34.7 Å². The Balaban J connectivity index is 1.22. The van der Waals surface area contributed by atoms with Gasteiger partial charge in [0.2, 0.25) is 0 Å². The minimum absolute atomic E-state index is 0.0784. The number of aromatic nitrogens is 1. The predicted molar refractivity (Wildman–Crippen MR) is 192 cm³/mol. The van der Waals surface area contributed by atoms with Gasteiger partial charge in [-0.2, -0.15) is 4.73 Å². The van der Waals surface area contributed by atoms with E-state index < -0.39 is 18.2 Å². The number of nitrogens with zero attached hydrogens (tertiary/aromatic N) is 3. The normalized spacial score (nSPS) is 18.4. The highest BCUT2D eigenvalue weighted by Gasteiger charge is 2.37. The first-order valence-electron chi connectivity index (χ1n) is 16.6. The Labute approximate surface area is 306 Å². The fourth-order valence-corrected chi connectivity index (χ4v) is 7.19. The molecule has 0 spiro atoms. The monoisotopic (exact) mass is 735 g/mol. The smallest absolute Gasteiger partial charge is 0.414 e. The number of carbonyl (C=O) groups excluding carboxylic acids is 2. The van der Waals surface area contributed by atoms with Gasteiger partial charge in [0, 0.05) is 24.6 Å². The summed E-state index contributed by atoms with van der Waals surface area (Å²) in [5, 5.41) is 12.2. The van der Waals surface area contributed by atoms with E-state index in [9.17, 15) is 14.8 Å². The zero-order chi connectivity index (χ0) is 36.1. The van der Waals surface area contributed by atoms with E-state index in [1.807, 2.05) is 18.2 Å². The van der Waals surface area contributed by atoms with Crippen LogP contribution in [0.4, 0.5) is 10.5 Å². The Morgan fingerprint density at radius 1 is 0.922 bits per heavy atom. The summed E-state index contributed by atoms with van der Waals surface area (Å²) < 4.78 is 29.0. The van der Waals surface area contributed by atoms with Crippen molar-refractivity contribution in [3.63, 3.8) is 0 Å². The SMILES string of the molecule is COc1cccc(N(Cc2ccc(C(=O)O[C@@H](Cc3c(Cl)c[n+]([O-])cc3Cl)c3ccc(OC)c(OC)c3)cc2)C(=O)O[C@H]2CN3CCC2CC3)c1. The molecule has 3 fully saturated rings. The molecule has 0 N–H and O–H groups in total. The second-order valence-corrected chi connectivity index (χ2v) is 13.4. The Hall–Kier alpha value is -4.71. The number of benzene rings is 3. The van der Waals surface area contributed by atoms with Gasteiger partial charge in [-0.15, -0.1) is 0 Å². The maximum Gasteiger partial charge on any atom is 0.414 e. The average molecular weight is 737 g/mol. The summed E-state index contributed by atoms with van der Waals surface area (Å²) in [6.07, 6.45) is 3.04. The summed E-state index contributed by atoms with van der Waals surface area (Å²) in [5.74, 6) is 1.31. The summed E-state index contributed by atoms with van der Waals surface area (Å²) in [5.41, 5.74) is 2.72. The van der Waals surface area contributed by atoms with Crippen LogP contribution in [0.25, 0.3) is 0 Å². The number of ether oxygens (including phenoxy) is 5. The third kappa shape index (κ3) is 8.44. The molecule has 13 heteroatoms. The summed E-state index contributed by atoms with van der Waals surface area (Å²) in [6.45, 7) is 3.01. The molecule has 0 aliphatic carbocycles. The quantitative estimate of drug-likeness (QED) is 0.0860. The van der Waals surface area contributed by atoms with Gasteiger partial charge in [0.15, 0.2) is 23.9 Å². The van der Waals surface area contributed by atoms with Crippen molar-refractivity contribution in [3.05, 3.63) is 117 Å². The van der Waals surface area contributed by atoms with Gasteiger partial charge in [-0.25, -0.2) is 9.59 Å². The Morgan fingerprint density at radius 3 is 2.25 bits per heavy atom. The van der Waals surface area contributed by atoms with Crippen molar-refractivity contribution in [1.82, 2.24) is 4.90 Å². The highest BCUT2D eigenvalue weighted by molar-refractivity contribution is 6.35. The van der Waals surface area contributed by atoms with Crippen molar-refractivity contribution in [2.75, 3.05) is 45.9 Å². The molecule has 0 radical (unpaired) electrons. The first kappa shape index (κ1) is 36.1. The Bertz CT molecular complexity index is 1840. The average Bonchev–Trinajstić information content (AvgIpc) is 3.15. The maximum atomic E-state index is 13.7. The van der Waals surface area contributed by atoms with Crippen LogP contribution in [-0.2, 0) is 22.4 Å². The van der Waals surface area contributed by atoms with Gasteiger partial charge >= 0.3 is 12.1 Å². The molecule has 3 aliphatic rings. The fourth-order valence-electron chi connectivity index (χ4n) is 6.59. The predicted octanol–water partition coefficient (Wildman–Crippen LogP) is 7.03. The molecule has 268 valence electrons. The minimum atomic E-state index is -0.862. The first-order chi connectivity index (χ1) is 24.6. The molecule has 3 saturated heterocycles. The molecule has 0 unspecified atom stereocenters. The van der Waals surface area contributed by atoms with Crippen LogP contribution in [-0.4, -0.2) is 64.0 Å². The summed E-state index contributed by atoms with van der Waals surface area (Å²) in [6, 6.07) is 19.3. The number of amides is 1. The molecule has 4 heterocycles. The molecule has 2 atom stereocenters. The number of hydrogen-bond donors (Lipinski definition) is 0. The number of pyridine rings is 1. The van der Waals surface area contributed by atoms with E-state index in [0.29, 0.717) is 44.7 Å². The second kappa shape index (κ2) is 16.1. The van der Waals surface area contributed by atoms with Gasteiger partial charge in [-0.1, -0.05) is 47.5 Å². The number of anilines is 1. The molecule has 4 aromatic rings. The van der Waals surface area contributed by atoms with Gasteiger partial charge in [-0.05, 0) is 79.4 Å². The van der Waals surface area contributed by atoms with Crippen LogP contribution < -0.4 is 23.8 Å². The number of esters is 1. The van der Waals surface area contributed by atoms with Crippen molar-refractivity contribution in [2.45, 2.75) is 38.0 Å². The Kier molecular flexibility index (Phi) is 11.4. The lowest BCUT2D eigenvalue weighted by Gasteiger charge is -2.44. The molecular weight excluding hydrogens is 697 g/mol. The standard InChI is InChI=1S/C38H39Cl2N3O8/c1-47-29-6-4-5-28(18-29)43(38(45)51-36-23-41-15-13-25(36)14-16-41)20-24-7-9-26(10-8-24)37(44)50-34(19-30-31(39)21-42(46)22-32(30)40)27-11-12-33(48-2)35(17-27)49-3/h4-12,17-18,21-22,25,34,36H,13-16,19-20,23H2,1-3H3/t34-,36-/m0/s1. The van der Waals surface area contributed by atoms with Gasteiger partial charge in [-0.3, -0.25) is 9.80 Å².